The lowest BCUT2D eigenvalue weighted by molar-refractivity contribution is -0.0971. The zero-order valence-electron chi connectivity index (χ0n) is 12.1. The van der Waals surface area contributed by atoms with E-state index in [0.717, 1.165) is 18.4 Å². The molecule has 0 aromatic rings. The number of hydrogen-bond acceptors (Lipinski definition) is 2. The van der Waals surface area contributed by atoms with Crippen LogP contribution in [0.15, 0.2) is 0 Å². The van der Waals surface area contributed by atoms with E-state index in [2.05, 4.69) is 19.2 Å². The summed E-state index contributed by atoms with van der Waals surface area (Å²) in [6.45, 7) is 5.71. The van der Waals surface area contributed by atoms with Crippen LogP contribution in [0.3, 0.4) is 0 Å². The van der Waals surface area contributed by atoms with Gasteiger partial charge in [0.05, 0.1) is 12.7 Å². The maximum atomic E-state index is 6.24. The average Bonchev–Trinajstić information content (AvgIpc) is 2.41. The molecule has 3 rings (SSSR count). The molecule has 3 unspecified atom stereocenters. The SMILES string of the molecule is CCC1CCC2OCC3(CCC(C)CC3)NC2C1. The van der Waals surface area contributed by atoms with Crippen molar-refractivity contribution in [2.75, 3.05) is 6.61 Å². The number of nitrogens with one attached hydrogen (secondary N) is 1. The lowest BCUT2D eigenvalue weighted by atomic mass is 9.73. The van der Waals surface area contributed by atoms with Crippen LogP contribution in [0.5, 0.6) is 0 Å². The Kier molecular flexibility index (Phi) is 3.68. The molecule has 104 valence electrons. The fraction of sp³-hybridized carbons (Fsp3) is 1.00. The molecular weight excluding hydrogens is 222 g/mol. The number of fused-ring (bicyclic) bond motifs is 1. The van der Waals surface area contributed by atoms with E-state index in [1.807, 2.05) is 0 Å². The van der Waals surface area contributed by atoms with Gasteiger partial charge in [-0.25, -0.2) is 0 Å². The van der Waals surface area contributed by atoms with Crippen LogP contribution < -0.4 is 5.32 Å². The normalized spacial score (nSPS) is 49.0. The quantitative estimate of drug-likeness (QED) is 0.770. The van der Waals surface area contributed by atoms with Crippen LogP contribution in [0.25, 0.3) is 0 Å². The molecule has 2 saturated carbocycles. The van der Waals surface area contributed by atoms with Gasteiger partial charge in [-0.1, -0.05) is 20.3 Å². The van der Waals surface area contributed by atoms with E-state index in [9.17, 15) is 0 Å². The fourth-order valence-corrected chi connectivity index (χ4v) is 4.26. The van der Waals surface area contributed by atoms with Gasteiger partial charge in [-0.2, -0.15) is 0 Å². The Labute approximate surface area is 112 Å². The minimum Gasteiger partial charge on any atom is -0.375 e. The van der Waals surface area contributed by atoms with Crippen LogP contribution in [-0.4, -0.2) is 24.3 Å². The number of rotatable bonds is 1. The molecule has 0 aromatic carbocycles. The molecule has 2 nitrogen and oxygen atoms in total. The molecule has 1 spiro atoms. The fourth-order valence-electron chi connectivity index (χ4n) is 4.26. The second-order valence-electron chi connectivity index (χ2n) is 7.15. The molecule has 2 heteroatoms. The summed E-state index contributed by atoms with van der Waals surface area (Å²) in [6, 6.07) is 0.644. The van der Waals surface area contributed by atoms with E-state index in [4.69, 9.17) is 4.74 Å². The predicted molar refractivity (Wildman–Crippen MR) is 74.7 cm³/mol. The highest BCUT2D eigenvalue weighted by molar-refractivity contribution is 5.01. The molecule has 1 saturated heterocycles. The Balaban J connectivity index is 1.64. The summed E-state index contributed by atoms with van der Waals surface area (Å²) in [5, 5.41) is 4.03. The van der Waals surface area contributed by atoms with Gasteiger partial charge in [0.15, 0.2) is 0 Å². The van der Waals surface area contributed by atoms with Crippen molar-refractivity contribution in [1.82, 2.24) is 5.32 Å². The van der Waals surface area contributed by atoms with Crippen molar-refractivity contribution >= 4 is 0 Å². The Bertz CT molecular complexity index is 283. The Hall–Kier alpha value is -0.0800. The molecule has 0 aromatic heterocycles. The lowest BCUT2D eigenvalue weighted by Crippen LogP contribution is -2.64. The molecule has 0 amide bonds. The summed E-state index contributed by atoms with van der Waals surface area (Å²) in [4.78, 5) is 0. The van der Waals surface area contributed by atoms with Gasteiger partial charge in [0.1, 0.15) is 0 Å². The van der Waals surface area contributed by atoms with Crippen molar-refractivity contribution < 1.29 is 4.74 Å². The van der Waals surface area contributed by atoms with Crippen molar-refractivity contribution in [3.63, 3.8) is 0 Å². The van der Waals surface area contributed by atoms with Gasteiger partial charge in [0.2, 0.25) is 0 Å². The first-order chi connectivity index (χ1) is 8.71. The van der Waals surface area contributed by atoms with E-state index in [1.54, 1.807) is 0 Å². The molecule has 3 atom stereocenters. The molecule has 3 aliphatic rings. The van der Waals surface area contributed by atoms with Gasteiger partial charge < -0.3 is 10.1 Å². The summed E-state index contributed by atoms with van der Waals surface area (Å²) in [7, 11) is 0. The maximum absolute atomic E-state index is 6.24. The standard InChI is InChI=1S/C16H29NO/c1-3-13-4-5-15-14(10-13)17-16(11-18-15)8-6-12(2)7-9-16/h12-15,17H,3-11H2,1-2H3. The van der Waals surface area contributed by atoms with E-state index in [1.165, 1.54) is 51.4 Å². The summed E-state index contributed by atoms with van der Waals surface area (Å²) in [6.07, 6.45) is 11.3. The topological polar surface area (TPSA) is 21.3 Å². The zero-order chi connectivity index (χ0) is 12.6. The number of morpholine rings is 1. The largest absolute Gasteiger partial charge is 0.375 e. The summed E-state index contributed by atoms with van der Waals surface area (Å²) in [5.41, 5.74) is 0.337. The molecular formula is C16H29NO. The molecule has 18 heavy (non-hydrogen) atoms. The van der Waals surface area contributed by atoms with Gasteiger partial charge in [0.25, 0.3) is 0 Å². The monoisotopic (exact) mass is 251 g/mol. The minimum atomic E-state index is 0.337. The highest BCUT2D eigenvalue weighted by Crippen LogP contribution is 2.39. The highest BCUT2D eigenvalue weighted by atomic mass is 16.5. The van der Waals surface area contributed by atoms with Crippen LogP contribution >= 0.6 is 0 Å². The first kappa shape index (κ1) is 12.9. The molecule has 1 N–H and O–H groups in total. The second kappa shape index (κ2) is 5.13. The number of ether oxygens (including phenoxy) is 1. The Morgan fingerprint density at radius 2 is 1.94 bits per heavy atom. The third kappa shape index (κ3) is 2.46. The van der Waals surface area contributed by atoms with Crippen LogP contribution in [0, 0.1) is 11.8 Å². The predicted octanol–water partition coefficient (Wildman–Crippen LogP) is 3.50. The van der Waals surface area contributed by atoms with Gasteiger partial charge in [-0.3, -0.25) is 0 Å². The summed E-state index contributed by atoms with van der Waals surface area (Å²) >= 11 is 0. The van der Waals surface area contributed by atoms with Gasteiger partial charge in [-0.15, -0.1) is 0 Å². The second-order valence-corrected chi connectivity index (χ2v) is 7.15. The van der Waals surface area contributed by atoms with Crippen molar-refractivity contribution in [3.8, 4) is 0 Å². The Morgan fingerprint density at radius 3 is 2.67 bits per heavy atom. The van der Waals surface area contributed by atoms with Crippen LogP contribution in [0.2, 0.25) is 0 Å². The molecule has 2 aliphatic carbocycles. The van der Waals surface area contributed by atoms with E-state index in [0.29, 0.717) is 17.7 Å². The zero-order valence-corrected chi connectivity index (χ0v) is 12.1. The minimum absolute atomic E-state index is 0.337. The third-order valence-electron chi connectivity index (χ3n) is 5.77. The van der Waals surface area contributed by atoms with Gasteiger partial charge >= 0.3 is 0 Å². The Morgan fingerprint density at radius 1 is 1.17 bits per heavy atom. The van der Waals surface area contributed by atoms with Gasteiger partial charge in [0, 0.05) is 11.6 Å². The molecule has 0 radical (unpaired) electrons. The summed E-state index contributed by atoms with van der Waals surface area (Å²) < 4.78 is 6.24. The van der Waals surface area contributed by atoms with Crippen LogP contribution in [-0.2, 0) is 4.74 Å². The lowest BCUT2D eigenvalue weighted by Gasteiger charge is -2.51. The third-order valence-corrected chi connectivity index (χ3v) is 5.77. The van der Waals surface area contributed by atoms with Crippen molar-refractivity contribution in [3.05, 3.63) is 0 Å². The smallest absolute Gasteiger partial charge is 0.0729 e. The van der Waals surface area contributed by atoms with Crippen molar-refractivity contribution in [1.29, 1.82) is 0 Å². The maximum Gasteiger partial charge on any atom is 0.0729 e. The number of hydrogen-bond donors (Lipinski definition) is 1. The van der Waals surface area contributed by atoms with Crippen LogP contribution in [0.4, 0.5) is 0 Å². The van der Waals surface area contributed by atoms with E-state index in [-0.39, 0.29) is 0 Å². The molecule has 1 heterocycles. The van der Waals surface area contributed by atoms with Crippen molar-refractivity contribution in [2.24, 2.45) is 11.8 Å². The molecule has 0 bridgehead atoms. The first-order valence-electron chi connectivity index (χ1n) is 8.10. The van der Waals surface area contributed by atoms with E-state index < -0.39 is 0 Å². The summed E-state index contributed by atoms with van der Waals surface area (Å²) in [5.74, 6) is 1.85. The van der Waals surface area contributed by atoms with Gasteiger partial charge in [-0.05, 0) is 56.8 Å². The molecule has 3 fully saturated rings. The highest BCUT2D eigenvalue weighted by Gasteiger charge is 2.44. The first-order valence-corrected chi connectivity index (χ1v) is 8.10. The van der Waals surface area contributed by atoms with E-state index >= 15 is 0 Å². The molecule has 1 aliphatic heterocycles. The van der Waals surface area contributed by atoms with Crippen molar-refractivity contribution in [2.45, 2.75) is 82.9 Å². The van der Waals surface area contributed by atoms with Crippen LogP contribution in [0.1, 0.15) is 65.2 Å². The average molecular weight is 251 g/mol.